The van der Waals surface area contributed by atoms with E-state index in [-0.39, 0.29) is 12.1 Å². The van der Waals surface area contributed by atoms with Crippen LogP contribution >= 0.6 is 0 Å². The molecule has 0 atom stereocenters. The molecule has 0 unspecified atom stereocenters. The van der Waals surface area contributed by atoms with Crippen LogP contribution in [0.2, 0.25) is 0 Å². The summed E-state index contributed by atoms with van der Waals surface area (Å²) in [7, 11) is 0. The molecule has 1 aromatic carbocycles. The third-order valence-corrected chi connectivity index (χ3v) is 4.44. The standard InChI is InChI=1S/C17H27NO2/c1-3-20-16-6-4-15(5-7-16)12-18-17(13-19)10-8-14(2)9-11-17/h4-7,14,18-19H,3,8-13H2,1-2H3. The number of hydrogen-bond acceptors (Lipinski definition) is 3. The van der Waals surface area contributed by atoms with E-state index >= 15 is 0 Å². The lowest BCUT2D eigenvalue weighted by atomic mass is 9.77. The normalized spacial score (nSPS) is 26.4. The molecule has 0 amide bonds. The average molecular weight is 277 g/mol. The molecule has 2 N–H and O–H groups in total. The Morgan fingerprint density at radius 1 is 1.25 bits per heavy atom. The predicted octanol–water partition coefficient (Wildman–Crippen LogP) is 3.12. The van der Waals surface area contributed by atoms with Crippen LogP contribution in [0.4, 0.5) is 0 Å². The highest BCUT2D eigenvalue weighted by Crippen LogP contribution is 2.31. The highest BCUT2D eigenvalue weighted by molar-refractivity contribution is 5.27. The number of aliphatic hydroxyl groups is 1. The summed E-state index contributed by atoms with van der Waals surface area (Å²) in [5, 5.41) is 13.3. The second kappa shape index (κ2) is 7.09. The highest BCUT2D eigenvalue weighted by atomic mass is 16.5. The Balaban J connectivity index is 1.89. The zero-order chi connectivity index (χ0) is 14.4. The van der Waals surface area contributed by atoms with E-state index in [9.17, 15) is 5.11 Å². The molecule has 0 radical (unpaired) electrons. The van der Waals surface area contributed by atoms with Gasteiger partial charge in [-0.3, -0.25) is 0 Å². The molecule has 0 aliphatic heterocycles. The molecule has 112 valence electrons. The van der Waals surface area contributed by atoms with Crippen LogP contribution in [0, 0.1) is 5.92 Å². The van der Waals surface area contributed by atoms with Gasteiger partial charge in [0.15, 0.2) is 0 Å². The van der Waals surface area contributed by atoms with Crippen molar-refractivity contribution in [3.05, 3.63) is 29.8 Å². The van der Waals surface area contributed by atoms with Crippen molar-refractivity contribution in [1.82, 2.24) is 5.32 Å². The maximum atomic E-state index is 9.74. The number of ether oxygens (including phenoxy) is 1. The molecule has 1 saturated carbocycles. The van der Waals surface area contributed by atoms with Gasteiger partial charge in [0.2, 0.25) is 0 Å². The molecule has 0 heterocycles. The Morgan fingerprint density at radius 2 is 1.90 bits per heavy atom. The molecule has 1 aliphatic rings. The lowest BCUT2D eigenvalue weighted by Crippen LogP contribution is -2.50. The molecule has 0 bridgehead atoms. The Bertz CT molecular complexity index is 394. The maximum Gasteiger partial charge on any atom is 0.119 e. The van der Waals surface area contributed by atoms with E-state index in [1.807, 2.05) is 19.1 Å². The topological polar surface area (TPSA) is 41.5 Å². The van der Waals surface area contributed by atoms with Gasteiger partial charge in [-0.25, -0.2) is 0 Å². The summed E-state index contributed by atoms with van der Waals surface area (Å²) in [6, 6.07) is 8.20. The number of aliphatic hydroxyl groups excluding tert-OH is 1. The number of rotatable bonds is 6. The summed E-state index contributed by atoms with van der Waals surface area (Å²) in [5.74, 6) is 1.71. The van der Waals surface area contributed by atoms with Gasteiger partial charge in [0.1, 0.15) is 5.75 Å². The van der Waals surface area contributed by atoms with Gasteiger partial charge in [0, 0.05) is 12.1 Å². The Morgan fingerprint density at radius 3 is 2.45 bits per heavy atom. The predicted molar refractivity (Wildman–Crippen MR) is 81.9 cm³/mol. The highest BCUT2D eigenvalue weighted by Gasteiger charge is 2.32. The van der Waals surface area contributed by atoms with Gasteiger partial charge in [0.25, 0.3) is 0 Å². The molecule has 2 rings (SSSR count). The first kappa shape index (κ1) is 15.3. The summed E-state index contributed by atoms with van der Waals surface area (Å²) >= 11 is 0. The van der Waals surface area contributed by atoms with Crippen molar-refractivity contribution >= 4 is 0 Å². The van der Waals surface area contributed by atoms with Crippen LogP contribution in [0.25, 0.3) is 0 Å². The van der Waals surface area contributed by atoms with E-state index in [4.69, 9.17) is 4.74 Å². The zero-order valence-corrected chi connectivity index (χ0v) is 12.7. The van der Waals surface area contributed by atoms with Gasteiger partial charge in [-0.15, -0.1) is 0 Å². The SMILES string of the molecule is CCOc1ccc(CNC2(CO)CCC(C)CC2)cc1. The number of nitrogens with one attached hydrogen (secondary N) is 1. The molecule has 3 heteroatoms. The van der Waals surface area contributed by atoms with Crippen LogP contribution < -0.4 is 10.1 Å². The van der Waals surface area contributed by atoms with Crippen LogP contribution in [0.15, 0.2) is 24.3 Å². The Kier molecular flexibility index (Phi) is 5.44. The fourth-order valence-corrected chi connectivity index (χ4v) is 2.87. The summed E-state index contributed by atoms with van der Waals surface area (Å²) in [4.78, 5) is 0. The van der Waals surface area contributed by atoms with Crippen LogP contribution in [0.1, 0.15) is 45.1 Å². The largest absolute Gasteiger partial charge is 0.494 e. The van der Waals surface area contributed by atoms with Gasteiger partial charge in [-0.1, -0.05) is 19.1 Å². The van der Waals surface area contributed by atoms with Crippen LogP contribution in [-0.2, 0) is 6.54 Å². The lowest BCUT2D eigenvalue weighted by molar-refractivity contribution is 0.104. The Hall–Kier alpha value is -1.06. The van der Waals surface area contributed by atoms with Crippen molar-refractivity contribution in [3.8, 4) is 5.75 Å². The van der Waals surface area contributed by atoms with Crippen molar-refractivity contribution in [3.63, 3.8) is 0 Å². The average Bonchev–Trinajstić information content (AvgIpc) is 2.49. The fourth-order valence-electron chi connectivity index (χ4n) is 2.87. The van der Waals surface area contributed by atoms with Crippen LogP contribution in [0.3, 0.4) is 0 Å². The summed E-state index contributed by atoms with van der Waals surface area (Å²) in [5.41, 5.74) is 1.16. The summed E-state index contributed by atoms with van der Waals surface area (Å²) in [6.07, 6.45) is 4.55. The third-order valence-electron chi connectivity index (χ3n) is 4.44. The first-order valence-corrected chi connectivity index (χ1v) is 7.75. The van der Waals surface area contributed by atoms with E-state index in [0.717, 1.165) is 31.1 Å². The lowest BCUT2D eigenvalue weighted by Gasteiger charge is -2.39. The van der Waals surface area contributed by atoms with E-state index in [1.165, 1.54) is 18.4 Å². The third kappa shape index (κ3) is 3.97. The molecular formula is C17H27NO2. The van der Waals surface area contributed by atoms with Gasteiger partial charge < -0.3 is 15.2 Å². The summed E-state index contributed by atoms with van der Waals surface area (Å²) in [6.45, 7) is 6.03. The van der Waals surface area contributed by atoms with Crippen LogP contribution in [0.5, 0.6) is 5.75 Å². The minimum absolute atomic E-state index is 0.0783. The van der Waals surface area contributed by atoms with Crippen LogP contribution in [-0.4, -0.2) is 23.9 Å². The molecule has 20 heavy (non-hydrogen) atoms. The second-order valence-electron chi connectivity index (χ2n) is 6.05. The first-order chi connectivity index (χ1) is 9.67. The van der Waals surface area contributed by atoms with Gasteiger partial charge in [-0.2, -0.15) is 0 Å². The molecular weight excluding hydrogens is 250 g/mol. The molecule has 1 fully saturated rings. The van der Waals surface area contributed by atoms with Gasteiger partial charge in [0.05, 0.1) is 13.2 Å². The quantitative estimate of drug-likeness (QED) is 0.839. The monoisotopic (exact) mass is 277 g/mol. The maximum absolute atomic E-state index is 9.74. The van der Waals surface area contributed by atoms with E-state index < -0.39 is 0 Å². The van der Waals surface area contributed by atoms with Crippen molar-refractivity contribution in [2.45, 2.75) is 51.6 Å². The number of hydrogen-bond donors (Lipinski definition) is 2. The number of benzene rings is 1. The van der Waals surface area contributed by atoms with E-state index in [2.05, 4.69) is 24.4 Å². The molecule has 1 aliphatic carbocycles. The minimum atomic E-state index is -0.0783. The molecule has 1 aromatic rings. The molecule has 0 spiro atoms. The summed E-state index contributed by atoms with van der Waals surface area (Å²) < 4.78 is 5.45. The Labute approximate surface area is 122 Å². The van der Waals surface area contributed by atoms with E-state index in [1.54, 1.807) is 0 Å². The smallest absolute Gasteiger partial charge is 0.119 e. The molecule has 0 aromatic heterocycles. The van der Waals surface area contributed by atoms with E-state index in [0.29, 0.717) is 6.61 Å². The second-order valence-corrected chi connectivity index (χ2v) is 6.05. The first-order valence-electron chi connectivity index (χ1n) is 7.75. The zero-order valence-electron chi connectivity index (χ0n) is 12.7. The fraction of sp³-hybridized carbons (Fsp3) is 0.647. The van der Waals surface area contributed by atoms with Crippen molar-refractivity contribution in [2.24, 2.45) is 5.92 Å². The van der Waals surface area contributed by atoms with Crippen molar-refractivity contribution in [2.75, 3.05) is 13.2 Å². The van der Waals surface area contributed by atoms with Crippen molar-refractivity contribution < 1.29 is 9.84 Å². The minimum Gasteiger partial charge on any atom is -0.494 e. The van der Waals surface area contributed by atoms with Gasteiger partial charge in [-0.05, 0) is 56.2 Å². The van der Waals surface area contributed by atoms with Gasteiger partial charge >= 0.3 is 0 Å². The van der Waals surface area contributed by atoms with Crippen molar-refractivity contribution in [1.29, 1.82) is 0 Å². The molecule has 0 saturated heterocycles. The molecule has 3 nitrogen and oxygen atoms in total.